The summed E-state index contributed by atoms with van der Waals surface area (Å²) in [6.45, 7) is 8.04. The largest absolute Gasteiger partial charge is 0.456 e. The summed E-state index contributed by atoms with van der Waals surface area (Å²) in [7, 11) is 0. The molecular formula is C14H15IO. The highest BCUT2D eigenvalue weighted by atomic mass is 127. The highest BCUT2D eigenvalue weighted by Crippen LogP contribution is 2.26. The fourth-order valence-corrected chi connectivity index (χ4v) is 2.47. The average molecular weight is 326 g/mol. The number of halogens is 1. The van der Waals surface area contributed by atoms with Crippen molar-refractivity contribution in [2.24, 2.45) is 0 Å². The molecule has 0 spiro atoms. The highest BCUT2D eigenvalue weighted by molar-refractivity contribution is 14.1. The summed E-state index contributed by atoms with van der Waals surface area (Å²) in [4.78, 5) is 0. The average Bonchev–Trinajstić information content (AvgIpc) is 2.56. The lowest BCUT2D eigenvalue weighted by Gasteiger charge is -2.17. The van der Waals surface area contributed by atoms with Crippen LogP contribution in [-0.2, 0) is 0 Å². The number of alkyl halides is 1. The summed E-state index contributed by atoms with van der Waals surface area (Å²) in [6.07, 6.45) is 11.4. The topological polar surface area (TPSA) is 13.1 Å². The summed E-state index contributed by atoms with van der Waals surface area (Å²) >= 11 is 2.48. The van der Waals surface area contributed by atoms with Crippen molar-refractivity contribution in [3.8, 4) is 0 Å². The fourth-order valence-electron chi connectivity index (χ4n) is 1.94. The smallest absolute Gasteiger partial charge is 0.134 e. The summed E-state index contributed by atoms with van der Waals surface area (Å²) in [6, 6.07) is 0. The molecule has 1 aromatic rings. The minimum atomic E-state index is 0.184. The zero-order chi connectivity index (χ0) is 11.8. The fraction of sp³-hybridized carbons (Fsp3) is 0.286. The summed E-state index contributed by atoms with van der Waals surface area (Å²) in [5.74, 6) is 0.865. The van der Waals surface area contributed by atoms with Gasteiger partial charge in [-0.15, -0.1) is 0 Å². The van der Waals surface area contributed by atoms with Crippen molar-refractivity contribution in [3.63, 3.8) is 0 Å². The van der Waals surface area contributed by atoms with Crippen LogP contribution in [-0.4, -0.2) is 3.42 Å². The zero-order valence-corrected chi connectivity index (χ0v) is 11.7. The third-order valence-corrected chi connectivity index (χ3v) is 3.44. The van der Waals surface area contributed by atoms with Crippen molar-refractivity contribution in [1.82, 2.24) is 0 Å². The van der Waals surface area contributed by atoms with Crippen LogP contribution in [0.5, 0.6) is 0 Å². The standard InChI is InChI=1S/C14H15IO/c1-4-6-10-11-9-14(3,15)8-7-13(11)16-12(10)5-2/h4-7,9H,2,8H2,1,3H3/b6-4-/t14-/m1/s1. The van der Waals surface area contributed by atoms with Gasteiger partial charge >= 0.3 is 0 Å². The van der Waals surface area contributed by atoms with Crippen molar-refractivity contribution in [2.75, 3.05) is 0 Å². The zero-order valence-electron chi connectivity index (χ0n) is 9.59. The summed E-state index contributed by atoms with van der Waals surface area (Å²) in [5.41, 5.74) is 2.13. The Balaban J connectivity index is 2.79. The Morgan fingerprint density at radius 2 is 2.31 bits per heavy atom. The van der Waals surface area contributed by atoms with Crippen LogP contribution in [0.4, 0.5) is 0 Å². The number of furan rings is 1. The first-order valence-corrected chi connectivity index (χ1v) is 6.45. The van der Waals surface area contributed by atoms with E-state index in [0.717, 1.165) is 23.2 Å². The van der Waals surface area contributed by atoms with Gasteiger partial charge in [-0.05, 0) is 32.4 Å². The third kappa shape index (κ3) is 2.03. The van der Waals surface area contributed by atoms with E-state index in [1.54, 1.807) is 6.08 Å². The van der Waals surface area contributed by atoms with Crippen LogP contribution in [0.2, 0.25) is 0 Å². The molecule has 1 heterocycles. The molecule has 84 valence electrons. The second-order valence-electron chi connectivity index (χ2n) is 4.19. The number of allylic oxidation sites excluding steroid dienone is 1. The van der Waals surface area contributed by atoms with Crippen molar-refractivity contribution in [1.29, 1.82) is 0 Å². The molecule has 0 aromatic carbocycles. The maximum Gasteiger partial charge on any atom is 0.134 e. The molecule has 0 unspecified atom stereocenters. The Morgan fingerprint density at radius 3 is 2.94 bits per heavy atom. The van der Waals surface area contributed by atoms with E-state index in [-0.39, 0.29) is 3.42 Å². The van der Waals surface area contributed by atoms with Gasteiger partial charge in [-0.1, -0.05) is 47.4 Å². The molecule has 1 aliphatic rings. The van der Waals surface area contributed by atoms with Crippen LogP contribution in [0.25, 0.3) is 24.3 Å². The molecule has 1 atom stereocenters. The first-order valence-electron chi connectivity index (χ1n) is 5.37. The maximum absolute atomic E-state index is 5.77. The van der Waals surface area contributed by atoms with Crippen LogP contribution < -0.4 is 10.6 Å². The number of hydrogen-bond acceptors (Lipinski definition) is 1. The van der Waals surface area contributed by atoms with Gasteiger partial charge in [0.1, 0.15) is 11.2 Å². The minimum absolute atomic E-state index is 0.184. The van der Waals surface area contributed by atoms with Gasteiger partial charge < -0.3 is 4.42 Å². The van der Waals surface area contributed by atoms with Crippen LogP contribution in [0, 0.1) is 0 Å². The minimum Gasteiger partial charge on any atom is -0.456 e. The third-order valence-electron chi connectivity index (χ3n) is 2.69. The lowest BCUT2D eigenvalue weighted by atomic mass is 10.00. The Bertz CT molecular complexity index is 558. The van der Waals surface area contributed by atoms with E-state index in [4.69, 9.17) is 4.42 Å². The first-order chi connectivity index (χ1) is 7.57. The molecule has 2 rings (SSSR count). The highest BCUT2D eigenvalue weighted by Gasteiger charge is 2.20. The molecule has 1 nitrogen and oxygen atoms in total. The van der Waals surface area contributed by atoms with Gasteiger partial charge in [0.2, 0.25) is 0 Å². The molecule has 1 aliphatic carbocycles. The number of fused-ring (bicyclic) bond motifs is 1. The van der Waals surface area contributed by atoms with E-state index in [0.29, 0.717) is 0 Å². The SMILES string of the molecule is C=Cc1oc2c(c1/C=C\C)=C[C@](C)(I)CC=2. The molecule has 0 fully saturated rings. The van der Waals surface area contributed by atoms with Crippen LogP contribution >= 0.6 is 22.6 Å². The molecule has 0 radical (unpaired) electrons. The molecule has 2 heteroatoms. The molecular weight excluding hydrogens is 311 g/mol. The maximum atomic E-state index is 5.77. The summed E-state index contributed by atoms with van der Waals surface area (Å²) < 4.78 is 5.96. The van der Waals surface area contributed by atoms with E-state index in [9.17, 15) is 0 Å². The molecule has 0 saturated heterocycles. The van der Waals surface area contributed by atoms with Gasteiger partial charge in [0, 0.05) is 14.2 Å². The van der Waals surface area contributed by atoms with Crippen molar-refractivity contribution >= 4 is 46.9 Å². The van der Waals surface area contributed by atoms with Crippen LogP contribution in [0.15, 0.2) is 17.1 Å². The molecule has 16 heavy (non-hydrogen) atoms. The quantitative estimate of drug-likeness (QED) is 0.601. The van der Waals surface area contributed by atoms with Gasteiger partial charge in [-0.2, -0.15) is 0 Å². The van der Waals surface area contributed by atoms with Crippen LogP contribution in [0.3, 0.4) is 0 Å². The van der Waals surface area contributed by atoms with E-state index in [1.807, 2.05) is 13.0 Å². The number of hydrogen-bond donors (Lipinski definition) is 0. The molecule has 0 saturated carbocycles. The molecule has 0 aliphatic heterocycles. The predicted molar refractivity (Wildman–Crippen MR) is 78.7 cm³/mol. The van der Waals surface area contributed by atoms with Crippen molar-refractivity contribution < 1.29 is 4.42 Å². The van der Waals surface area contributed by atoms with E-state index < -0.39 is 0 Å². The molecule has 0 amide bonds. The predicted octanol–water partition coefficient (Wildman–Crippen LogP) is 3.11. The lowest BCUT2D eigenvalue weighted by Crippen LogP contribution is -2.31. The van der Waals surface area contributed by atoms with Gasteiger partial charge in [0.15, 0.2) is 0 Å². The van der Waals surface area contributed by atoms with Crippen molar-refractivity contribution in [2.45, 2.75) is 23.7 Å². The monoisotopic (exact) mass is 326 g/mol. The first kappa shape index (κ1) is 11.7. The second-order valence-corrected chi connectivity index (χ2v) is 6.66. The second kappa shape index (κ2) is 4.24. The Labute approximate surface area is 109 Å². The Hall–Kier alpha value is -0.770. The van der Waals surface area contributed by atoms with E-state index in [2.05, 4.69) is 54.3 Å². The van der Waals surface area contributed by atoms with E-state index >= 15 is 0 Å². The molecule has 0 N–H and O–H groups in total. The van der Waals surface area contributed by atoms with E-state index in [1.165, 1.54) is 5.22 Å². The molecule has 1 aromatic heterocycles. The normalized spacial score (nSPS) is 23.7. The van der Waals surface area contributed by atoms with Gasteiger partial charge in [-0.3, -0.25) is 0 Å². The van der Waals surface area contributed by atoms with Crippen molar-refractivity contribution in [3.05, 3.63) is 34.6 Å². The van der Waals surface area contributed by atoms with Crippen LogP contribution in [0.1, 0.15) is 31.6 Å². The number of rotatable bonds is 2. The Kier molecular flexibility index (Phi) is 3.10. The van der Waals surface area contributed by atoms with Gasteiger partial charge in [0.05, 0.1) is 0 Å². The lowest BCUT2D eigenvalue weighted by molar-refractivity contribution is 0.518. The summed E-state index contributed by atoms with van der Waals surface area (Å²) in [5, 5.41) is 1.20. The van der Waals surface area contributed by atoms with Gasteiger partial charge in [-0.25, -0.2) is 0 Å². The molecule has 0 bridgehead atoms. The van der Waals surface area contributed by atoms with Gasteiger partial charge in [0.25, 0.3) is 0 Å². The Morgan fingerprint density at radius 1 is 1.56 bits per heavy atom.